The number of nitrogens with one attached hydrogen (secondary N) is 1. The van der Waals surface area contributed by atoms with Crippen molar-refractivity contribution in [2.24, 2.45) is 0 Å². The zero-order valence-electron chi connectivity index (χ0n) is 14.2. The Bertz CT molecular complexity index is 836. The number of benzene rings is 2. The average Bonchev–Trinajstić information content (AvgIpc) is 2.54. The second kappa shape index (κ2) is 8.11. The van der Waals surface area contributed by atoms with Crippen molar-refractivity contribution in [1.82, 2.24) is 0 Å². The summed E-state index contributed by atoms with van der Waals surface area (Å²) in [4.78, 5) is 12.0. The third-order valence-corrected chi connectivity index (χ3v) is 4.80. The fraction of sp³-hybridized carbons (Fsp3) is 0.278. The van der Waals surface area contributed by atoms with Gasteiger partial charge in [-0.2, -0.15) is 0 Å². The molecule has 0 saturated carbocycles. The van der Waals surface area contributed by atoms with Crippen LogP contribution in [-0.2, 0) is 14.8 Å². The molecule has 0 spiro atoms. The molecule has 0 aliphatic heterocycles. The zero-order valence-corrected chi connectivity index (χ0v) is 15.0. The molecule has 0 aliphatic carbocycles. The van der Waals surface area contributed by atoms with Crippen LogP contribution in [0.25, 0.3) is 0 Å². The molecule has 2 aromatic carbocycles. The van der Waals surface area contributed by atoms with Crippen molar-refractivity contribution in [1.29, 1.82) is 0 Å². The van der Waals surface area contributed by atoms with Crippen LogP contribution < -0.4 is 9.62 Å². The molecule has 25 heavy (non-hydrogen) atoms. The molecule has 0 heterocycles. The van der Waals surface area contributed by atoms with Gasteiger partial charge in [-0.25, -0.2) is 12.8 Å². The predicted octanol–water partition coefficient (Wildman–Crippen LogP) is 3.32. The van der Waals surface area contributed by atoms with Gasteiger partial charge in [0.1, 0.15) is 5.82 Å². The van der Waals surface area contributed by atoms with E-state index in [0.29, 0.717) is 5.69 Å². The number of halogens is 1. The van der Waals surface area contributed by atoms with Crippen molar-refractivity contribution in [3.63, 3.8) is 0 Å². The van der Waals surface area contributed by atoms with Crippen LogP contribution in [0.4, 0.5) is 15.8 Å². The number of carbonyl (C=O) groups is 1. The minimum atomic E-state index is -3.64. The van der Waals surface area contributed by atoms with Gasteiger partial charge in [0, 0.05) is 18.7 Å². The van der Waals surface area contributed by atoms with E-state index in [1.54, 1.807) is 18.2 Å². The molecule has 7 heteroatoms. The molecule has 0 aliphatic rings. The average molecular weight is 364 g/mol. The first-order valence-corrected chi connectivity index (χ1v) is 9.71. The van der Waals surface area contributed by atoms with E-state index in [4.69, 9.17) is 0 Å². The fourth-order valence-electron chi connectivity index (χ4n) is 2.36. The number of carbonyl (C=O) groups excluding carboxylic acids is 1. The summed E-state index contributed by atoms with van der Waals surface area (Å²) in [5.74, 6) is -0.831. The predicted molar refractivity (Wildman–Crippen MR) is 97.6 cm³/mol. The minimum Gasteiger partial charge on any atom is -0.326 e. The summed E-state index contributed by atoms with van der Waals surface area (Å²) in [5, 5.41) is 2.75. The van der Waals surface area contributed by atoms with Gasteiger partial charge in [0.15, 0.2) is 0 Å². The van der Waals surface area contributed by atoms with E-state index in [1.165, 1.54) is 18.2 Å². The molecule has 1 amide bonds. The highest BCUT2D eigenvalue weighted by Gasteiger charge is 2.20. The molecule has 2 aromatic rings. The van der Waals surface area contributed by atoms with Gasteiger partial charge in [-0.3, -0.25) is 9.10 Å². The summed E-state index contributed by atoms with van der Waals surface area (Å²) >= 11 is 0. The van der Waals surface area contributed by atoms with Crippen LogP contribution in [0.2, 0.25) is 0 Å². The van der Waals surface area contributed by atoms with Crippen LogP contribution in [0.15, 0.2) is 48.5 Å². The molecular formula is C18H21FN2O3S. The number of amides is 1. The van der Waals surface area contributed by atoms with Gasteiger partial charge in [-0.1, -0.05) is 29.8 Å². The Hall–Kier alpha value is -2.41. The lowest BCUT2D eigenvalue weighted by molar-refractivity contribution is -0.116. The molecule has 0 saturated heterocycles. The number of anilines is 2. The van der Waals surface area contributed by atoms with Crippen LogP contribution in [0.1, 0.15) is 18.4 Å². The van der Waals surface area contributed by atoms with E-state index >= 15 is 0 Å². The molecule has 0 unspecified atom stereocenters. The SMILES string of the molecule is Cc1ccc(NC(=O)CCCN(c2ccccc2F)S(C)(=O)=O)cc1. The highest BCUT2D eigenvalue weighted by atomic mass is 32.2. The highest BCUT2D eigenvalue weighted by molar-refractivity contribution is 7.92. The summed E-state index contributed by atoms with van der Waals surface area (Å²) < 4.78 is 38.8. The molecular weight excluding hydrogens is 343 g/mol. The highest BCUT2D eigenvalue weighted by Crippen LogP contribution is 2.22. The molecule has 2 rings (SSSR count). The Balaban J connectivity index is 1.96. The number of rotatable bonds is 7. The van der Waals surface area contributed by atoms with E-state index in [9.17, 15) is 17.6 Å². The van der Waals surface area contributed by atoms with Crippen molar-refractivity contribution in [2.75, 3.05) is 22.4 Å². The number of hydrogen-bond donors (Lipinski definition) is 1. The molecule has 1 N–H and O–H groups in total. The van der Waals surface area contributed by atoms with Crippen LogP contribution in [0.3, 0.4) is 0 Å². The first-order valence-electron chi connectivity index (χ1n) is 7.86. The number of sulfonamides is 1. The molecule has 0 aromatic heterocycles. The smallest absolute Gasteiger partial charge is 0.232 e. The van der Waals surface area contributed by atoms with E-state index in [2.05, 4.69) is 5.32 Å². The summed E-state index contributed by atoms with van der Waals surface area (Å²) in [6, 6.07) is 13.1. The second-order valence-corrected chi connectivity index (χ2v) is 7.71. The third-order valence-electron chi connectivity index (χ3n) is 3.62. The van der Waals surface area contributed by atoms with Gasteiger partial charge in [-0.15, -0.1) is 0 Å². The Labute approximate surface area is 147 Å². The molecule has 5 nitrogen and oxygen atoms in total. The lowest BCUT2D eigenvalue weighted by atomic mass is 10.2. The summed E-state index contributed by atoms with van der Waals surface area (Å²) in [6.45, 7) is 1.98. The largest absolute Gasteiger partial charge is 0.326 e. The van der Waals surface area contributed by atoms with Crippen LogP contribution in [0.5, 0.6) is 0 Å². The zero-order chi connectivity index (χ0) is 18.4. The topological polar surface area (TPSA) is 66.5 Å². The lowest BCUT2D eigenvalue weighted by Crippen LogP contribution is -2.32. The van der Waals surface area contributed by atoms with Crippen molar-refractivity contribution in [3.05, 3.63) is 59.9 Å². The van der Waals surface area contributed by atoms with Crippen LogP contribution in [0, 0.1) is 12.7 Å². The normalized spacial score (nSPS) is 11.2. The first kappa shape index (κ1) is 18.9. The maximum absolute atomic E-state index is 13.9. The van der Waals surface area contributed by atoms with Gasteiger partial charge in [0.2, 0.25) is 15.9 Å². The minimum absolute atomic E-state index is 0.0102. The number of hydrogen-bond acceptors (Lipinski definition) is 3. The maximum Gasteiger partial charge on any atom is 0.232 e. The second-order valence-electron chi connectivity index (χ2n) is 5.80. The Morgan fingerprint density at radius 3 is 2.36 bits per heavy atom. The van der Waals surface area contributed by atoms with Crippen molar-refractivity contribution < 1.29 is 17.6 Å². The molecule has 134 valence electrons. The van der Waals surface area contributed by atoms with Gasteiger partial charge in [-0.05, 0) is 37.6 Å². The third kappa shape index (κ3) is 5.56. The van der Waals surface area contributed by atoms with Gasteiger partial charge < -0.3 is 5.32 Å². The van der Waals surface area contributed by atoms with Crippen molar-refractivity contribution >= 4 is 27.3 Å². The Morgan fingerprint density at radius 2 is 1.76 bits per heavy atom. The Morgan fingerprint density at radius 1 is 1.12 bits per heavy atom. The summed E-state index contributed by atoms with van der Waals surface area (Å²) in [6.07, 6.45) is 1.43. The lowest BCUT2D eigenvalue weighted by Gasteiger charge is -2.22. The monoisotopic (exact) mass is 364 g/mol. The number of para-hydroxylation sites is 1. The van der Waals surface area contributed by atoms with E-state index in [-0.39, 0.29) is 31.0 Å². The molecule has 0 bridgehead atoms. The van der Waals surface area contributed by atoms with Gasteiger partial charge in [0.25, 0.3) is 0 Å². The maximum atomic E-state index is 13.9. The summed E-state index contributed by atoms with van der Waals surface area (Å²) in [7, 11) is -3.64. The van der Waals surface area contributed by atoms with Crippen LogP contribution >= 0.6 is 0 Å². The van der Waals surface area contributed by atoms with Crippen LogP contribution in [-0.4, -0.2) is 27.1 Å². The molecule has 0 fully saturated rings. The van der Waals surface area contributed by atoms with Gasteiger partial charge >= 0.3 is 0 Å². The standard InChI is InChI=1S/C18H21FN2O3S/c1-14-9-11-15(12-10-14)20-18(22)8-5-13-21(25(2,23)24)17-7-4-3-6-16(17)19/h3-4,6-7,9-12H,5,8,13H2,1-2H3,(H,20,22). The number of aryl methyl sites for hydroxylation is 1. The quantitative estimate of drug-likeness (QED) is 0.820. The summed E-state index contributed by atoms with van der Waals surface area (Å²) in [5.41, 5.74) is 1.76. The van der Waals surface area contributed by atoms with E-state index < -0.39 is 15.8 Å². The van der Waals surface area contributed by atoms with E-state index in [0.717, 1.165) is 16.1 Å². The fourth-order valence-corrected chi connectivity index (χ4v) is 3.33. The van der Waals surface area contributed by atoms with Gasteiger partial charge in [0.05, 0.1) is 11.9 Å². The van der Waals surface area contributed by atoms with Crippen molar-refractivity contribution in [3.8, 4) is 0 Å². The Kier molecular flexibility index (Phi) is 6.14. The number of nitrogens with zero attached hydrogens (tertiary/aromatic N) is 1. The van der Waals surface area contributed by atoms with E-state index in [1.807, 2.05) is 19.1 Å². The molecule has 0 atom stereocenters. The molecule has 0 radical (unpaired) electrons. The van der Waals surface area contributed by atoms with Crippen molar-refractivity contribution in [2.45, 2.75) is 19.8 Å². The first-order chi connectivity index (χ1) is 11.8.